The van der Waals surface area contributed by atoms with Crippen molar-refractivity contribution in [2.45, 2.75) is 33.2 Å². The summed E-state index contributed by atoms with van der Waals surface area (Å²) < 4.78 is 5.34. The third-order valence-corrected chi connectivity index (χ3v) is 3.46. The van der Waals surface area contributed by atoms with Crippen LogP contribution < -0.4 is 5.32 Å². The molecule has 1 N–H and O–H groups in total. The Labute approximate surface area is 106 Å². The molecule has 0 amide bonds. The van der Waals surface area contributed by atoms with Crippen molar-refractivity contribution in [1.29, 1.82) is 0 Å². The maximum absolute atomic E-state index is 5.34. The van der Waals surface area contributed by atoms with Crippen LogP contribution in [0.15, 0.2) is 16.7 Å². The van der Waals surface area contributed by atoms with Gasteiger partial charge in [-0.25, -0.2) is 9.97 Å². The first-order chi connectivity index (χ1) is 8.79. The van der Waals surface area contributed by atoms with E-state index in [0.29, 0.717) is 0 Å². The number of aryl methyl sites for hydroxylation is 2. The maximum Gasteiger partial charge on any atom is 0.163 e. The van der Waals surface area contributed by atoms with Crippen molar-refractivity contribution in [2.24, 2.45) is 0 Å². The molecule has 0 radical (unpaired) electrons. The lowest BCUT2D eigenvalue weighted by molar-refractivity contribution is 0.535. The molecule has 0 spiro atoms. The Kier molecular flexibility index (Phi) is 2.88. The van der Waals surface area contributed by atoms with Crippen molar-refractivity contribution in [1.82, 2.24) is 15.3 Å². The number of aromatic nitrogens is 2. The molecule has 2 aromatic rings. The van der Waals surface area contributed by atoms with Gasteiger partial charge in [-0.1, -0.05) is 6.92 Å². The fourth-order valence-electron chi connectivity index (χ4n) is 2.47. The summed E-state index contributed by atoms with van der Waals surface area (Å²) in [4.78, 5) is 9.40. The first kappa shape index (κ1) is 11.4. The monoisotopic (exact) mass is 243 g/mol. The van der Waals surface area contributed by atoms with Gasteiger partial charge in [0.25, 0.3) is 0 Å². The van der Waals surface area contributed by atoms with E-state index >= 15 is 0 Å². The molecule has 1 aliphatic rings. The third-order valence-electron chi connectivity index (χ3n) is 3.46. The standard InChI is InChI=1S/C14H17N3O/c1-3-12-11-4-6-15-8-13(11)17-14(16-12)10-5-7-18-9(10)2/h5,7,15H,3-4,6,8H2,1-2H3. The fraction of sp³-hybridized carbons (Fsp3) is 0.429. The first-order valence-corrected chi connectivity index (χ1v) is 6.43. The average Bonchev–Trinajstić information content (AvgIpc) is 2.83. The van der Waals surface area contributed by atoms with Gasteiger partial charge in [0, 0.05) is 12.2 Å². The zero-order valence-corrected chi connectivity index (χ0v) is 10.8. The van der Waals surface area contributed by atoms with Crippen LogP contribution >= 0.6 is 0 Å². The second kappa shape index (κ2) is 4.53. The molecule has 0 saturated carbocycles. The molecule has 4 heteroatoms. The minimum absolute atomic E-state index is 0.792. The molecule has 94 valence electrons. The molecule has 0 atom stereocenters. The highest BCUT2D eigenvalue weighted by Gasteiger charge is 2.18. The van der Waals surface area contributed by atoms with Crippen LogP contribution in [-0.4, -0.2) is 16.5 Å². The average molecular weight is 243 g/mol. The van der Waals surface area contributed by atoms with Crippen LogP contribution in [0.2, 0.25) is 0 Å². The number of rotatable bonds is 2. The van der Waals surface area contributed by atoms with E-state index in [-0.39, 0.29) is 0 Å². The summed E-state index contributed by atoms with van der Waals surface area (Å²) >= 11 is 0. The highest BCUT2D eigenvalue weighted by molar-refractivity contribution is 5.58. The zero-order chi connectivity index (χ0) is 12.5. The van der Waals surface area contributed by atoms with E-state index in [4.69, 9.17) is 14.4 Å². The van der Waals surface area contributed by atoms with Gasteiger partial charge in [-0.05, 0) is 37.9 Å². The van der Waals surface area contributed by atoms with Crippen LogP contribution in [0.1, 0.15) is 29.6 Å². The Bertz CT molecular complexity index is 557. The normalized spacial score (nSPS) is 14.6. The van der Waals surface area contributed by atoms with Crippen LogP contribution in [-0.2, 0) is 19.4 Å². The lowest BCUT2D eigenvalue weighted by Gasteiger charge is -2.19. The number of furan rings is 1. The maximum atomic E-state index is 5.34. The van der Waals surface area contributed by atoms with Crippen molar-refractivity contribution < 1.29 is 4.42 Å². The third kappa shape index (κ3) is 1.82. The van der Waals surface area contributed by atoms with E-state index in [1.54, 1.807) is 6.26 Å². The van der Waals surface area contributed by atoms with E-state index in [0.717, 1.165) is 48.8 Å². The molecule has 3 heterocycles. The number of hydrogen-bond acceptors (Lipinski definition) is 4. The van der Waals surface area contributed by atoms with Crippen molar-refractivity contribution in [3.63, 3.8) is 0 Å². The van der Waals surface area contributed by atoms with Crippen LogP contribution in [0.5, 0.6) is 0 Å². The predicted octanol–water partition coefficient (Wildman–Crippen LogP) is 2.25. The molecular formula is C14H17N3O. The van der Waals surface area contributed by atoms with E-state index in [1.807, 2.05) is 13.0 Å². The van der Waals surface area contributed by atoms with Crippen LogP contribution in [0.3, 0.4) is 0 Å². The van der Waals surface area contributed by atoms with Crippen molar-refractivity contribution in [2.75, 3.05) is 6.54 Å². The smallest absolute Gasteiger partial charge is 0.163 e. The fourth-order valence-corrected chi connectivity index (χ4v) is 2.47. The van der Waals surface area contributed by atoms with E-state index in [9.17, 15) is 0 Å². The number of fused-ring (bicyclic) bond motifs is 1. The van der Waals surface area contributed by atoms with Crippen molar-refractivity contribution in [3.05, 3.63) is 35.0 Å². The Morgan fingerprint density at radius 3 is 3.00 bits per heavy atom. The molecular weight excluding hydrogens is 226 g/mol. The second-order valence-electron chi connectivity index (χ2n) is 4.59. The summed E-state index contributed by atoms with van der Waals surface area (Å²) in [6.07, 6.45) is 3.68. The molecule has 0 aromatic carbocycles. The molecule has 18 heavy (non-hydrogen) atoms. The highest BCUT2D eigenvalue weighted by Crippen LogP contribution is 2.24. The molecule has 0 unspecified atom stereocenters. The molecule has 0 bridgehead atoms. The Morgan fingerprint density at radius 2 is 2.28 bits per heavy atom. The van der Waals surface area contributed by atoms with Gasteiger partial charge in [0.05, 0.1) is 17.5 Å². The van der Waals surface area contributed by atoms with Gasteiger partial charge in [0.2, 0.25) is 0 Å². The van der Waals surface area contributed by atoms with Crippen LogP contribution in [0.4, 0.5) is 0 Å². The van der Waals surface area contributed by atoms with Gasteiger partial charge in [-0.2, -0.15) is 0 Å². The predicted molar refractivity (Wildman–Crippen MR) is 69.3 cm³/mol. The second-order valence-corrected chi connectivity index (χ2v) is 4.59. The van der Waals surface area contributed by atoms with Gasteiger partial charge in [-0.3, -0.25) is 0 Å². The highest BCUT2D eigenvalue weighted by atomic mass is 16.3. The van der Waals surface area contributed by atoms with Gasteiger partial charge in [0.15, 0.2) is 5.82 Å². The Balaban J connectivity index is 2.14. The number of nitrogens with one attached hydrogen (secondary N) is 1. The van der Waals surface area contributed by atoms with E-state index in [2.05, 4.69) is 12.2 Å². The molecule has 0 saturated heterocycles. The summed E-state index contributed by atoms with van der Waals surface area (Å²) in [6, 6.07) is 1.94. The topological polar surface area (TPSA) is 51.0 Å². The van der Waals surface area contributed by atoms with Crippen LogP contribution in [0, 0.1) is 6.92 Å². The minimum Gasteiger partial charge on any atom is -0.469 e. The first-order valence-electron chi connectivity index (χ1n) is 6.43. The lowest BCUT2D eigenvalue weighted by atomic mass is 10.0. The SMILES string of the molecule is CCc1nc(-c2ccoc2C)nc2c1CCNC2. The summed E-state index contributed by atoms with van der Waals surface area (Å²) in [5.74, 6) is 1.67. The summed E-state index contributed by atoms with van der Waals surface area (Å²) in [6.45, 7) is 5.96. The van der Waals surface area contributed by atoms with Crippen LogP contribution in [0.25, 0.3) is 11.4 Å². The summed E-state index contributed by atoms with van der Waals surface area (Å²) in [5, 5.41) is 3.37. The van der Waals surface area contributed by atoms with Gasteiger partial charge < -0.3 is 9.73 Å². The molecule has 0 aliphatic carbocycles. The van der Waals surface area contributed by atoms with Gasteiger partial charge >= 0.3 is 0 Å². The number of hydrogen-bond donors (Lipinski definition) is 1. The Hall–Kier alpha value is -1.68. The largest absolute Gasteiger partial charge is 0.469 e. The van der Waals surface area contributed by atoms with Crippen molar-refractivity contribution in [3.8, 4) is 11.4 Å². The van der Waals surface area contributed by atoms with Gasteiger partial charge in [-0.15, -0.1) is 0 Å². The molecule has 1 aliphatic heterocycles. The van der Waals surface area contributed by atoms with E-state index < -0.39 is 0 Å². The lowest BCUT2D eigenvalue weighted by Crippen LogP contribution is -2.26. The van der Waals surface area contributed by atoms with E-state index in [1.165, 1.54) is 11.3 Å². The zero-order valence-electron chi connectivity index (χ0n) is 10.8. The Morgan fingerprint density at radius 1 is 1.39 bits per heavy atom. The molecule has 0 fully saturated rings. The summed E-state index contributed by atoms with van der Waals surface area (Å²) in [5.41, 5.74) is 4.65. The van der Waals surface area contributed by atoms with Gasteiger partial charge in [0.1, 0.15) is 5.76 Å². The minimum atomic E-state index is 0.792. The number of nitrogens with zero attached hydrogens (tertiary/aromatic N) is 2. The molecule has 3 rings (SSSR count). The van der Waals surface area contributed by atoms with Crippen molar-refractivity contribution >= 4 is 0 Å². The quantitative estimate of drug-likeness (QED) is 0.879. The summed E-state index contributed by atoms with van der Waals surface area (Å²) in [7, 11) is 0. The molecule has 4 nitrogen and oxygen atoms in total. The molecule has 2 aromatic heterocycles.